The van der Waals surface area contributed by atoms with E-state index >= 15 is 0 Å². The smallest absolute Gasteiger partial charge is 0.353 e. The van der Waals surface area contributed by atoms with Gasteiger partial charge in [0.2, 0.25) is 0 Å². The van der Waals surface area contributed by atoms with Crippen LogP contribution in [0.1, 0.15) is 15.2 Å². The molecule has 152 valence electrons. The molecule has 2 amide bonds. The monoisotopic (exact) mass is 423 g/mol. The lowest BCUT2D eigenvalue weighted by Crippen LogP contribution is -2.32. The Morgan fingerprint density at radius 1 is 0.967 bits per heavy atom. The molecular weight excluding hydrogens is 406 g/mol. The van der Waals surface area contributed by atoms with Crippen molar-refractivity contribution < 1.29 is 23.9 Å². The molecule has 0 fully saturated rings. The second kappa shape index (κ2) is 9.99. The first-order valence-electron chi connectivity index (χ1n) is 8.70. The zero-order valence-corrected chi connectivity index (χ0v) is 16.6. The number of para-hydroxylation sites is 2. The molecule has 0 unspecified atom stereocenters. The third-order valence-corrected chi connectivity index (χ3v) is 4.60. The number of methoxy groups -OCH3 is 1. The highest BCUT2D eigenvalue weighted by atomic mass is 32.1. The standard InChI is InChI=1S/C21H17N3O5S/c1-28-17-6-3-2-5-16(17)23-19(25)20(26)24-22-13-14-8-10-15(11-9-14)29-21(27)18-7-4-12-30-18/h2-13H,1H3,(H,23,25)(H,24,26)/b22-13-. The van der Waals surface area contributed by atoms with Crippen LogP contribution in [0.3, 0.4) is 0 Å². The number of thiophene rings is 1. The first-order chi connectivity index (χ1) is 14.6. The molecule has 0 atom stereocenters. The summed E-state index contributed by atoms with van der Waals surface area (Å²) in [4.78, 5) is 36.3. The van der Waals surface area contributed by atoms with E-state index in [9.17, 15) is 14.4 Å². The van der Waals surface area contributed by atoms with Crippen LogP contribution in [0.4, 0.5) is 5.69 Å². The zero-order chi connectivity index (χ0) is 21.3. The molecule has 0 saturated carbocycles. The molecule has 1 heterocycles. The van der Waals surface area contributed by atoms with Gasteiger partial charge >= 0.3 is 17.8 Å². The predicted octanol–water partition coefficient (Wildman–Crippen LogP) is 3.06. The third kappa shape index (κ3) is 5.52. The van der Waals surface area contributed by atoms with Gasteiger partial charge in [-0.1, -0.05) is 18.2 Å². The first-order valence-corrected chi connectivity index (χ1v) is 9.58. The number of rotatable bonds is 6. The summed E-state index contributed by atoms with van der Waals surface area (Å²) < 4.78 is 10.4. The highest BCUT2D eigenvalue weighted by molar-refractivity contribution is 7.12. The summed E-state index contributed by atoms with van der Waals surface area (Å²) in [6.07, 6.45) is 1.36. The number of nitrogens with one attached hydrogen (secondary N) is 2. The van der Waals surface area contributed by atoms with Crippen LogP contribution < -0.4 is 20.2 Å². The fourth-order valence-corrected chi connectivity index (χ4v) is 2.92. The van der Waals surface area contributed by atoms with Gasteiger partial charge in [0, 0.05) is 0 Å². The second-order valence-electron chi connectivity index (χ2n) is 5.79. The maximum absolute atomic E-state index is 12.0. The number of anilines is 1. The molecule has 2 N–H and O–H groups in total. The molecular formula is C21H17N3O5S. The maximum atomic E-state index is 12.0. The molecule has 1 aromatic heterocycles. The number of amides is 2. The van der Waals surface area contributed by atoms with Gasteiger partial charge in [0.25, 0.3) is 0 Å². The molecule has 9 heteroatoms. The van der Waals surface area contributed by atoms with Gasteiger partial charge in [0.15, 0.2) is 0 Å². The van der Waals surface area contributed by atoms with Gasteiger partial charge in [-0.25, -0.2) is 10.2 Å². The number of nitrogens with zero attached hydrogens (tertiary/aromatic N) is 1. The molecule has 3 rings (SSSR count). The van der Waals surface area contributed by atoms with E-state index in [2.05, 4.69) is 15.8 Å². The van der Waals surface area contributed by atoms with Crippen LogP contribution in [-0.2, 0) is 9.59 Å². The van der Waals surface area contributed by atoms with Crippen LogP contribution >= 0.6 is 11.3 Å². The molecule has 2 aromatic carbocycles. The highest BCUT2D eigenvalue weighted by Crippen LogP contribution is 2.22. The van der Waals surface area contributed by atoms with Gasteiger partial charge in [-0.3, -0.25) is 9.59 Å². The quantitative estimate of drug-likeness (QED) is 0.208. The summed E-state index contributed by atoms with van der Waals surface area (Å²) in [5.41, 5.74) is 3.16. The number of benzene rings is 2. The fraction of sp³-hybridized carbons (Fsp3) is 0.0476. The van der Waals surface area contributed by atoms with E-state index < -0.39 is 17.8 Å². The molecule has 0 radical (unpaired) electrons. The summed E-state index contributed by atoms with van der Waals surface area (Å²) in [5.74, 6) is -1.43. The van der Waals surface area contributed by atoms with Crippen molar-refractivity contribution in [3.63, 3.8) is 0 Å². The zero-order valence-electron chi connectivity index (χ0n) is 15.8. The second-order valence-corrected chi connectivity index (χ2v) is 6.74. The Hall–Kier alpha value is -3.98. The highest BCUT2D eigenvalue weighted by Gasteiger charge is 2.15. The Bertz CT molecular complexity index is 1060. The van der Waals surface area contributed by atoms with Gasteiger partial charge in [-0.05, 0) is 53.4 Å². The fourth-order valence-electron chi connectivity index (χ4n) is 2.32. The summed E-state index contributed by atoms with van der Waals surface area (Å²) >= 11 is 1.30. The normalized spacial score (nSPS) is 10.4. The number of ether oxygens (including phenoxy) is 2. The number of esters is 1. The number of hydrogen-bond donors (Lipinski definition) is 2. The van der Waals surface area contributed by atoms with E-state index in [0.29, 0.717) is 27.6 Å². The van der Waals surface area contributed by atoms with Crippen molar-refractivity contribution in [2.75, 3.05) is 12.4 Å². The number of hydrazone groups is 1. The first kappa shape index (κ1) is 20.7. The minimum Gasteiger partial charge on any atom is -0.495 e. The van der Waals surface area contributed by atoms with E-state index in [0.717, 1.165) is 0 Å². The molecule has 0 aliphatic heterocycles. The molecule has 0 saturated heterocycles. The van der Waals surface area contributed by atoms with E-state index in [4.69, 9.17) is 9.47 Å². The van der Waals surface area contributed by atoms with Crippen LogP contribution in [0.5, 0.6) is 11.5 Å². The Labute approximate surface area is 176 Å². The largest absolute Gasteiger partial charge is 0.495 e. The lowest BCUT2D eigenvalue weighted by atomic mass is 10.2. The molecule has 0 spiro atoms. The molecule has 3 aromatic rings. The van der Waals surface area contributed by atoms with Gasteiger partial charge in [0.05, 0.1) is 19.0 Å². The summed E-state index contributed by atoms with van der Waals surface area (Å²) in [5, 5.41) is 8.00. The Morgan fingerprint density at radius 3 is 2.43 bits per heavy atom. The van der Waals surface area contributed by atoms with Crippen molar-refractivity contribution >= 4 is 41.0 Å². The van der Waals surface area contributed by atoms with Crippen LogP contribution in [0.15, 0.2) is 71.1 Å². The number of carbonyl (C=O) groups excluding carboxylic acids is 3. The van der Waals surface area contributed by atoms with E-state index in [1.165, 1.54) is 24.7 Å². The summed E-state index contributed by atoms with van der Waals surface area (Å²) in [6, 6.07) is 16.7. The Balaban J connectivity index is 1.51. The van der Waals surface area contributed by atoms with Gasteiger partial charge in [-0.15, -0.1) is 11.3 Å². The summed E-state index contributed by atoms with van der Waals surface area (Å²) in [7, 11) is 1.46. The lowest BCUT2D eigenvalue weighted by molar-refractivity contribution is -0.136. The summed E-state index contributed by atoms with van der Waals surface area (Å²) in [6.45, 7) is 0. The van der Waals surface area contributed by atoms with Crippen LogP contribution in [-0.4, -0.2) is 31.1 Å². The van der Waals surface area contributed by atoms with E-state index in [-0.39, 0.29) is 0 Å². The van der Waals surface area contributed by atoms with Crippen LogP contribution in [0.2, 0.25) is 0 Å². The van der Waals surface area contributed by atoms with Crippen molar-refractivity contribution in [1.29, 1.82) is 0 Å². The van der Waals surface area contributed by atoms with Crippen molar-refractivity contribution in [2.24, 2.45) is 5.10 Å². The van der Waals surface area contributed by atoms with Gasteiger partial charge in [-0.2, -0.15) is 5.10 Å². The van der Waals surface area contributed by atoms with Crippen molar-refractivity contribution in [3.05, 3.63) is 76.5 Å². The molecule has 30 heavy (non-hydrogen) atoms. The lowest BCUT2D eigenvalue weighted by Gasteiger charge is -2.08. The average molecular weight is 423 g/mol. The average Bonchev–Trinajstić information content (AvgIpc) is 3.30. The molecule has 0 bridgehead atoms. The number of hydrogen-bond acceptors (Lipinski definition) is 7. The van der Waals surface area contributed by atoms with Gasteiger partial charge < -0.3 is 14.8 Å². The molecule has 0 aliphatic rings. The number of carbonyl (C=O) groups is 3. The molecule has 8 nitrogen and oxygen atoms in total. The Kier molecular flexibility index (Phi) is 6.91. The van der Waals surface area contributed by atoms with Gasteiger partial charge in [0.1, 0.15) is 16.4 Å². The van der Waals surface area contributed by atoms with E-state index in [1.807, 2.05) is 0 Å². The van der Waals surface area contributed by atoms with Crippen molar-refractivity contribution in [2.45, 2.75) is 0 Å². The molecule has 0 aliphatic carbocycles. The van der Waals surface area contributed by atoms with E-state index in [1.54, 1.807) is 66.0 Å². The maximum Gasteiger partial charge on any atom is 0.353 e. The van der Waals surface area contributed by atoms with Crippen LogP contribution in [0.25, 0.3) is 0 Å². The minimum absolute atomic E-state index is 0.372. The third-order valence-electron chi connectivity index (χ3n) is 3.75. The van der Waals surface area contributed by atoms with Crippen molar-refractivity contribution in [3.8, 4) is 11.5 Å². The van der Waals surface area contributed by atoms with Crippen molar-refractivity contribution in [1.82, 2.24) is 5.43 Å². The predicted molar refractivity (Wildman–Crippen MR) is 113 cm³/mol. The minimum atomic E-state index is -0.932. The Morgan fingerprint density at radius 2 is 1.73 bits per heavy atom. The topological polar surface area (TPSA) is 106 Å². The van der Waals surface area contributed by atoms with Crippen LogP contribution in [0, 0.1) is 0 Å². The SMILES string of the molecule is COc1ccccc1NC(=O)C(=O)N/N=C\c1ccc(OC(=O)c2cccs2)cc1.